The Kier molecular flexibility index (Phi) is 6.46. The van der Waals surface area contributed by atoms with Crippen molar-refractivity contribution < 1.29 is 19.4 Å². The second kappa shape index (κ2) is 8.19. The first-order valence-electron chi connectivity index (χ1n) is 8.37. The molecule has 1 heterocycles. The van der Waals surface area contributed by atoms with Gasteiger partial charge in [0, 0.05) is 30.7 Å². The molecule has 0 spiro atoms. The molecule has 138 valence electrons. The van der Waals surface area contributed by atoms with Crippen LogP contribution in [0, 0.1) is 0 Å². The molecule has 1 aromatic carbocycles. The molecular formula is C18H25BrN2O4. The average molecular weight is 413 g/mol. The summed E-state index contributed by atoms with van der Waals surface area (Å²) in [5.74, 6) is -0.881. The summed E-state index contributed by atoms with van der Waals surface area (Å²) in [6, 6.07) is 6.61. The van der Waals surface area contributed by atoms with Crippen LogP contribution in [0.1, 0.15) is 38.8 Å². The standard InChI is InChI=1S/C18H25BrN2O4/c1-18(2,3)25-17(24)21-10-4-9-20(11-12-21)15(16(22)23)13-5-7-14(19)8-6-13/h5-8,15H,4,9-12H2,1-3H3,(H,22,23)/t15-/m0/s1. The molecule has 6 nitrogen and oxygen atoms in total. The van der Waals surface area contributed by atoms with Crippen LogP contribution in [0.5, 0.6) is 0 Å². The van der Waals surface area contributed by atoms with Gasteiger partial charge < -0.3 is 14.7 Å². The first-order valence-corrected chi connectivity index (χ1v) is 9.17. The van der Waals surface area contributed by atoms with E-state index < -0.39 is 17.6 Å². The minimum atomic E-state index is -0.881. The molecule has 1 atom stereocenters. The number of benzene rings is 1. The number of carboxylic acid groups (broad SMARTS) is 1. The van der Waals surface area contributed by atoms with Crippen LogP contribution in [0.15, 0.2) is 28.7 Å². The van der Waals surface area contributed by atoms with Crippen LogP contribution in [-0.4, -0.2) is 58.7 Å². The summed E-state index contributed by atoms with van der Waals surface area (Å²) >= 11 is 3.37. The zero-order valence-corrected chi connectivity index (χ0v) is 16.5. The van der Waals surface area contributed by atoms with Crippen LogP contribution in [-0.2, 0) is 9.53 Å². The van der Waals surface area contributed by atoms with E-state index in [0.29, 0.717) is 32.6 Å². The van der Waals surface area contributed by atoms with Crippen molar-refractivity contribution in [2.24, 2.45) is 0 Å². The largest absolute Gasteiger partial charge is 0.480 e. The molecule has 0 aliphatic carbocycles. The Morgan fingerprint density at radius 1 is 1.12 bits per heavy atom. The quantitative estimate of drug-likeness (QED) is 0.821. The van der Waals surface area contributed by atoms with Gasteiger partial charge in [-0.05, 0) is 44.9 Å². The summed E-state index contributed by atoms with van der Waals surface area (Å²) in [4.78, 5) is 27.7. The van der Waals surface area contributed by atoms with Gasteiger partial charge in [-0.3, -0.25) is 9.69 Å². The minimum Gasteiger partial charge on any atom is -0.480 e. The fourth-order valence-electron chi connectivity index (χ4n) is 2.86. The average Bonchev–Trinajstić information content (AvgIpc) is 2.73. The number of carbonyl (C=O) groups is 2. The van der Waals surface area contributed by atoms with Gasteiger partial charge in [0.2, 0.25) is 0 Å². The van der Waals surface area contributed by atoms with Gasteiger partial charge in [0.1, 0.15) is 11.6 Å². The summed E-state index contributed by atoms with van der Waals surface area (Å²) in [7, 11) is 0. The van der Waals surface area contributed by atoms with Crippen LogP contribution in [0.25, 0.3) is 0 Å². The number of carboxylic acids is 1. The molecule has 1 aromatic rings. The van der Waals surface area contributed by atoms with Crippen molar-refractivity contribution in [1.82, 2.24) is 9.80 Å². The molecular weight excluding hydrogens is 388 g/mol. The number of halogens is 1. The summed E-state index contributed by atoms with van der Waals surface area (Å²) < 4.78 is 6.33. The van der Waals surface area contributed by atoms with Crippen molar-refractivity contribution in [2.45, 2.75) is 38.8 Å². The molecule has 0 unspecified atom stereocenters. The van der Waals surface area contributed by atoms with E-state index in [1.165, 1.54) is 0 Å². The van der Waals surface area contributed by atoms with E-state index in [0.717, 1.165) is 10.0 Å². The smallest absolute Gasteiger partial charge is 0.410 e. The fraction of sp³-hybridized carbons (Fsp3) is 0.556. The monoisotopic (exact) mass is 412 g/mol. The Labute approximate surface area is 156 Å². The number of ether oxygens (including phenoxy) is 1. The number of rotatable bonds is 3. The summed E-state index contributed by atoms with van der Waals surface area (Å²) in [5.41, 5.74) is 0.200. The molecule has 0 bridgehead atoms. The Balaban J connectivity index is 2.08. The lowest BCUT2D eigenvalue weighted by Crippen LogP contribution is -2.40. The van der Waals surface area contributed by atoms with Crippen molar-refractivity contribution >= 4 is 28.0 Å². The maximum atomic E-state index is 12.2. The Hall–Kier alpha value is -1.60. The maximum Gasteiger partial charge on any atom is 0.410 e. The molecule has 1 aliphatic rings. The number of hydrogen-bond donors (Lipinski definition) is 1. The zero-order valence-electron chi connectivity index (χ0n) is 14.9. The van der Waals surface area contributed by atoms with Crippen molar-refractivity contribution in [2.75, 3.05) is 26.2 Å². The fourth-order valence-corrected chi connectivity index (χ4v) is 3.12. The van der Waals surface area contributed by atoms with E-state index in [9.17, 15) is 14.7 Å². The number of nitrogens with zero attached hydrogens (tertiary/aromatic N) is 2. The van der Waals surface area contributed by atoms with Gasteiger partial charge in [0.15, 0.2) is 0 Å². The Morgan fingerprint density at radius 2 is 1.76 bits per heavy atom. The third-order valence-electron chi connectivity index (χ3n) is 3.97. The van der Waals surface area contributed by atoms with Gasteiger partial charge in [-0.1, -0.05) is 28.1 Å². The zero-order chi connectivity index (χ0) is 18.6. The van der Waals surface area contributed by atoms with Crippen molar-refractivity contribution in [1.29, 1.82) is 0 Å². The molecule has 7 heteroatoms. The van der Waals surface area contributed by atoms with Gasteiger partial charge in [-0.2, -0.15) is 0 Å². The second-order valence-electron chi connectivity index (χ2n) is 7.15. The van der Waals surface area contributed by atoms with Crippen LogP contribution in [0.2, 0.25) is 0 Å². The topological polar surface area (TPSA) is 70.1 Å². The minimum absolute atomic E-state index is 0.343. The van der Waals surface area contributed by atoms with E-state index in [2.05, 4.69) is 15.9 Å². The van der Waals surface area contributed by atoms with Gasteiger partial charge >= 0.3 is 12.1 Å². The lowest BCUT2D eigenvalue weighted by molar-refractivity contribution is -0.143. The SMILES string of the molecule is CC(C)(C)OC(=O)N1CCCN([C@H](C(=O)O)c2ccc(Br)cc2)CC1. The number of hydrogen-bond acceptors (Lipinski definition) is 4. The van der Waals surface area contributed by atoms with E-state index in [1.807, 2.05) is 49.9 Å². The van der Waals surface area contributed by atoms with Crippen LogP contribution in [0.3, 0.4) is 0 Å². The molecule has 0 aromatic heterocycles. The molecule has 1 amide bonds. The van der Waals surface area contributed by atoms with Gasteiger partial charge in [0.25, 0.3) is 0 Å². The number of amides is 1. The number of carbonyl (C=O) groups excluding carboxylic acids is 1. The van der Waals surface area contributed by atoms with Crippen molar-refractivity contribution in [3.8, 4) is 0 Å². The van der Waals surface area contributed by atoms with E-state index >= 15 is 0 Å². The summed E-state index contributed by atoms with van der Waals surface area (Å²) in [6.45, 7) is 7.64. The predicted octanol–water partition coefficient (Wildman–Crippen LogP) is 3.52. The molecule has 25 heavy (non-hydrogen) atoms. The molecule has 1 fully saturated rings. The van der Waals surface area contributed by atoms with E-state index in [1.54, 1.807) is 4.90 Å². The van der Waals surface area contributed by atoms with Gasteiger partial charge in [-0.15, -0.1) is 0 Å². The highest BCUT2D eigenvalue weighted by Crippen LogP contribution is 2.24. The lowest BCUT2D eigenvalue weighted by atomic mass is 10.1. The first kappa shape index (κ1) is 19.7. The highest BCUT2D eigenvalue weighted by atomic mass is 79.9. The van der Waals surface area contributed by atoms with Crippen LogP contribution in [0.4, 0.5) is 4.79 Å². The first-order chi connectivity index (χ1) is 11.7. The van der Waals surface area contributed by atoms with E-state index in [4.69, 9.17) is 4.74 Å². The van der Waals surface area contributed by atoms with Gasteiger partial charge in [0.05, 0.1) is 0 Å². The Bertz CT molecular complexity index is 612. The normalized spacial score (nSPS) is 17.7. The third-order valence-corrected chi connectivity index (χ3v) is 4.50. The second-order valence-corrected chi connectivity index (χ2v) is 8.06. The summed E-state index contributed by atoms with van der Waals surface area (Å²) in [6.07, 6.45) is 0.365. The molecule has 1 N–H and O–H groups in total. The maximum absolute atomic E-state index is 12.2. The van der Waals surface area contributed by atoms with Gasteiger partial charge in [-0.25, -0.2) is 4.79 Å². The molecule has 1 aliphatic heterocycles. The van der Waals surface area contributed by atoms with Crippen molar-refractivity contribution in [3.05, 3.63) is 34.3 Å². The van der Waals surface area contributed by atoms with Crippen molar-refractivity contribution in [3.63, 3.8) is 0 Å². The van der Waals surface area contributed by atoms with E-state index in [-0.39, 0.29) is 6.09 Å². The highest BCUT2D eigenvalue weighted by molar-refractivity contribution is 9.10. The highest BCUT2D eigenvalue weighted by Gasteiger charge is 2.31. The predicted molar refractivity (Wildman–Crippen MR) is 98.5 cm³/mol. The molecule has 0 saturated carbocycles. The molecule has 0 radical (unpaired) electrons. The molecule has 1 saturated heterocycles. The third kappa shape index (κ3) is 5.71. The number of aliphatic carboxylic acids is 1. The molecule has 2 rings (SSSR count). The lowest BCUT2D eigenvalue weighted by Gasteiger charge is -2.28. The summed E-state index contributed by atoms with van der Waals surface area (Å²) in [5, 5.41) is 9.71. The van der Waals surface area contributed by atoms with Crippen LogP contribution < -0.4 is 0 Å². The Morgan fingerprint density at radius 3 is 2.32 bits per heavy atom. The van der Waals surface area contributed by atoms with Crippen LogP contribution >= 0.6 is 15.9 Å².